The number of hydrogen-bond acceptors (Lipinski definition) is 9. The van der Waals surface area contributed by atoms with Crippen molar-refractivity contribution in [1.29, 1.82) is 0 Å². The molecule has 56 heavy (non-hydrogen) atoms. The highest BCUT2D eigenvalue weighted by atomic mass is 16.6. The minimum Gasteiger partial charge on any atom is -0.459 e. The summed E-state index contributed by atoms with van der Waals surface area (Å²) >= 11 is 0. The van der Waals surface area contributed by atoms with E-state index in [1.54, 1.807) is 62.3 Å². The molecular weight excluding hydrogens is 713 g/mol. The second-order valence-electron chi connectivity index (χ2n) is 17.4. The summed E-state index contributed by atoms with van der Waals surface area (Å²) in [5, 5.41) is 12.7. The molecule has 0 aliphatic rings. The average Bonchev–Trinajstić information content (AvgIpc) is 3.07. The molecule has 0 saturated carbocycles. The van der Waals surface area contributed by atoms with Crippen LogP contribution >= 0.6 is 0 Å². The SMILES string of the molecule is CCCC[C@H](NC(=O)N[C@@H](CCCCNC(=O)[C@@H](N)Cc1c2ccccc2cc2ccccc12)C(=O)OC(C)(C)C)C(C(=O)OC(C)(C)C)C(=O)OC(C)(C)C. The molecule has 0 saturated heterocycles. The molecule has 0 fully saturated rings. The summed E-state index contributed by atoms with van der Waals surface area (Å²) in [5.41, 5.74) is 4.85. The number of ether oxygens (including phenoxy) is 3. The number of urea groups is 1. The molecule has 0 heterocycles. The highest BCUT2D eigenvalue weighted by molar-refractivity contribution is 6.03. The van der Waals surface area contributed by atoms with Crippen LogP contribution in [0.3, 0.4) is 0 Å². The summed E-state index contributed by atoms with van der Waals surface area (Å²) in [5.74, 6) is -4.00. The number of nitrogens with two attached hydrogens (primary N) is 1. The number of esters is 3. The maximum Gasteiger partial charge on any atom is 0.329 e. The van der Waals surface area contributed by atoms with Crippen molar-refractivity contribution in [3.8, 4) is 0 Å². The molecule has 0 spiro atoms. The highest BCUT2D eigenvalue weighted by Gasteiger charge is 2.42. The van der Waals surface area contributed by atoms with Gasteiger partial charge in [-0.1, -0.05) is 68.3 Å². The molecule has 12 nitrogen and oxygen atoms in total. The van der Waals surface area contributed by atoms with Gasteiger partial charge in [-0.25, -0.2) is 9.59 Å². The Morgan fingerprint density at radius 3 is 1.66 bits per heavy atom. The van der Waals surface area contributed by atoms with Gasteiger partial charge in [0.2, 0.25) is 5.91 Å². The van der Waals surface area contributed by atoms with Crippen LogP contribution in [-0.4, -0.2) is 71.3 Å². The first-order valence-electron chi connectivity index (χ1n) is 19.8. The first-order chi connectivity index (χ1) is 26.1. The molecule has 3 rings (SSSR count). The first kappa shape index (κ1) is 45.7. The van der Waals surface area contributed by atoms with E-state index in [-0.39, 0.29) is 18.7 Å². The number of rotatable bonds is 17. The quantitative estimate of drug-likeness (QED) is 0.0369. The number of carbonyl (C=O) groups excluding carboxylic acids is 5. The van der Waals surface area contributed by atoms with Crippen LogP contribution in [0, 0.1) is 5.92 Å². The number of hydrogen-bond donors (Lipinski definition) is 4. The lowest BCUT2D eigenvalue weighted by atomic mass is 9.92. The van der Waals surface area contributed by atoms with Crippen molar-refractivity contribution in [3.63, 3.8) is 0 Å². The van der Waals surface area contributed by atoms with E-state index in [4.69, 9.17) is 19.9 Å². The van der Waals surface area contributed by atoms with Gasteiger partial charge in [-0.05, 0) is 128 Å². The molecule has 308 valence electrons. The van der Waals surface area contributed by atoms with Crippen LogP contribution in [0.4, 0.5) is 4.79 Å². The fourth-order valence-electron chi connectivity index (χ4n) is 6.35. The molecule has 0 bridgehead atoms. The minimum atomic E-state index is -1.44. The van der Waals surface area contributed by atoms with Gasteiger partial charge in [-0.2, -0.15) is 0 Å². The van der Waals surface area contributed by atoms with E-state index in [2.05, 4.69) is 34.1 Å². The largest absolute Gasteiger partial charge is 0.459 e. The fourth-order valence-corrected chi connectivity index (χ4v) is 6.35. The van der Waals surface area contributed by atoms with Gasteiger partial charge >= 0.3 is 23.9 Å². The van der Waals surface area contributed by atoms with E-state index >= 15 is 0 Å². The second-order valence-corrected chi connectivity index (χ2v) is 17.4. The Labute approximate surface area is 332 Å². The lowest BCUT2D eigenvalue weighted by Crippen LogP contribution is -2.55. The number of carbonyl (C=O) groups is 5. The zero-order valence-corrected chi connectivity index (χ0v) is 35.0. The molecule has 3 aromatic rings. The molecular formula is C44H64N4O8. The Kier molecular flexibility index (Phi) is 16.3. The summed E-state index contributed by atoms with van der Waals surface area (Å²) in [6, 6.07) is 14.7. The molecule has 0 aliphatic heterocycles. The molecule has 0 radical (unpaired) electrons. The monoisotopic (exact) mass is 776 g/mol. The Hall–Kier alpha value is -4.71. The van der Waals surface area contributed by atoms with E-state index in [0.717, 1.165) is 33.5 Å². The van der Waals surface area contributed by atoms with Gasteiger partial charge in [-0.15, -0.1) is 0 Å². The summed E-state index contributed by atoms with van der Waals surface area (Å²) < 4.78 is 16.8. The van der Waals surface area contributed by atoms with Crippen molar-refractivity contribution in [2.24, 2.45) is 11.7 Å². The van der Waals surface area contributed by atoms with E-state index in [1.807, 2.05) is 43.3 Å². The molecule has 0 unspecified atom stereocenters. The zero-order chi connectivity index (χ0) is 41.8. The smallest absolute Gasteiger partial charge is 0.329 e. The molecule has 0 aliphatic carbocycles. The maximum absolute atomic E-state index is 13.6. The molecule has 12 heteroatoms. The topological polar surface area (TPSA) is 175 Å². The summed E-state index contributed by atoms with van der Waals surface area (Å²) in [7, 11) is 0. The van der Waals surface area contributed by atoms with Crippen molar-refractivity contribution >= 4 is 51.4 Å². The van der Waals surface area contributed by atoms with Crippen LogP contribution in [0.15, 0.2) is 54.6 Å². The van der Waals surface area contributed by atoms with Gasteiger partial charge in [0, 0.05) is 6.54 Å². The molecule has 3 amide bonds. The van der Waals surface area contributed by atoms with Crippen molar-refractivity contribution < 1.29 is 38.2 Å². The zero-order valence-electron chi connectivity index (χ0n) is 35.0. The van der Waals surface area contributed by atoms with Crippen molar-refractivity contribution in [1.82, 2.24) is 16.0 Å². The third-order valence-corrected chi connectivity index (χ3v) is 8.77. The highest BCUT2D eigenvalue weighted by Crippen LogP contribution is 2.29. The van der Waals surface area contributed by atoms with Crippen molar-refractivity contribution in [3.05, 3.63) is 60.2 Å². The van der Waals surface area contributed by atoms with E-state index in [9.17, 15) is 24.0 Å². The van der Waals surface area contributed by atoms with Crippen LogP contribution in [-0.2, 0) is 39.8 Å². The Morgan fingerprint density at radius 1 is 0.661 bits per heavy atom. The standard InChI is InChI=1S/C44H64N4O8/c1-11-12-23-34(36(39(51)55-43(5,6)7)40(52)56-44(8,9)10)47-41(53)48-35(38(50)54-42(2,3)4)24-17-18-25-46-37(49)33(45)27-32-30-21-15-13-19-28(30)26-29-20-14-16-22-31(29)32/h13-16,19-22,26,33-36H,11-12,17-18,23-25,27,45H2,1-10H3,(H,46,49)(H2,47,48,53)/t33-,34-,35-/m0/s1. The maximum atomic E-state index is 13.6. The summed E-state index contributed by atoms with van der Waals surface area (Å²) in [6.45, 7) is 17.6. The number of fused-ring (bicyclic) bond motifs is 2. The normalized spacial score (nSPS) is 13.8. The van der Waals surface area contributed by atoms with Gasteiger partial charge in [0.15, 0.2) is 5.92 Å². The van der Waals surface area contributed by atoms with E-state index in [1.165, 1.54) is 0 Å². The fraction of sp³-hybridized carbons (Fsp3) is 0.568. The number of nitrogens with one attached hydrogen (secondary N) is 3. The molecule has 5 N–H and O–H groups in total. The van der Waals surface area contributed by atoms with Gasteiger partial charge < -0.3 is 35.9 Å². The number of unbranched alkanes of at least 4 members (excludes halogenated alkanes) is 2. The number of benzene rings is 3. The predicted molar refractivity (Wildman–Crippen MR) is 220 cm³/mol. The lowest BCUT2D eigenvalue weighted by Gasteiger charge is -2.31. The van der Waals surface area contributed by atoms with Crippen LogP contribution in [0.5, 0.6) is 0 Å². The molecule has 3 atom stereocenters. The van der Waals surface area contributed by atoms with Crippen molar-refractivity contribution in [2.45, 2.75) is 149 Å². The van der Waals surface area contributed by atoms with E-state index < -0.39 is 64.8 Å². The predicted octanol–water partition coefficient (Wildman–Crippen LogP) is 7.02. The van der Waals surface area contributed by atoms with Crippen LogP contribution in [0.25, 0.3) is 21.5 Å². The first-order valence-corrected chi connectivity index (χ1v) is 19.8. The van der Waals surface area contributed by atoms with Gasteiger partial charge in [-0.3, -0.25) is 14.4 Å². The average molecular weight is 777 g/mol. The van der Waals surface area contributed by atoms with Gasteiger partial charge in [0.1, 0.15) is 22.8 Å². The Bertz CT molecular complexity index is 1740. The van der Waals surface area contributed by atoms with Crippen LogP contribution in [0.2, 0.25) is 0 Å². The second kappa shape index (κ2) is 19.9. The molecule has 3 aromatic carbocycles. The van der Waals surface area contributed by atoms with E-state index in [0.29, 0.717) is 32.2 Å². The third-order valence-electron chi connectivity index (χ3n) is 8.77. The van der Waals surface area contributed by atoms with Crippen LogP contribution < -0.4 is 21.7 Å². The lowest BCUT2D eigenvalue weighted by molar-refractivity contribution is -0.176. The minimum absolute atomic E-state index is 0.202. The molecule has 0 aromatic heterocycles. The Morgan fingerprint density at radius 2 is 1.16 bits per heavy atom. The Balaban J connectivity index is 1.68. The van der Waals surface area contributed by atoms with Gasteiger partial charge in [0.25, 0.3) is 0 Å². The number of amides is 3. The van der Waals surface area contributed by atoms with Crippen LogP contribution in [0.1, 0.15) is 113 Å². The summed E-state index contributed by atoms with van der Waals surface area (Å²) in [4.78, 5) is 67.0. The summed E-state index contributed by atoms with van der Waals surface area (Å²) in [6.07, 6.45) is 3.11. The van der Waals surface area contributed by atoms with Gasteiger partial charge in [0.05, 0.1) is 12.1 Å². The van der Waals surface area contributed by atoms with Crippen molar-refractivity contribution in [2.75, 3.05) is 6.54 Å². The third kappa shape index (κ3) is 14.7.